The maximum Gasteiger partial charge on any atom is 0.498 e. The van der Waals surface area contributed by atoms with Gasteiger partial charge in [0.05, 0.1) is 153 Å². The van der Waals surface area contributed by atoms with Gasteiger partial charge < -0.3 is 63.6 Å². The Labute approximate surface area is 878 Å². The summed E-state index contributed by atoms with van der Waals surface area (Å²) in [5.74, 6) is 5.09. The van der Waals surface area contributed by atoms with Gasteiger partial charge in [0.25, 0.3) is 0 Å². The average molecular weight is 2210 g/mol. The molecule has 4 saturated carbocycles. The van der Waals surface area contributed by atoms with Crippen molar-refractivity contribution in [1.29, 1.82) is 0 Å². The van der Waals surface area contributed by atoms with Gasteiger partial charge >= 0.3 is 31.2 Å². The molecule has 770 valence electrons. The van der Waals surface area contributed by atoms with E-state index in [1.54, 1.807) is 86.4 Å². The van der Waals surface area contributed by atoms with Crippen LogP contribution in [-0.2, 0) is 67.3 Å². The number of unbranched alkanes of at least 4 members (excludes halogenated alkanes) is 2. The summed E-state index contributed by atoms with van der Waals surface area (Å²) in [6.45, 7) is 30.0. The van der Waals surface area contributed by atoms with Crippen LogP contribution >= 0.6 is 101 Å². The van der Waals surface area contributed by atoms with Crippen molar-refractivity contribution in [2.75, 3.05) is 53.2 Å². The van der Waals surface area contributed by atoms with Crippen molar-refractivity contribution in [1.82, 2.24) is 64.7 Å². The minimum Gasteiger partial charge on any atom is -0.497 e. The van der Waals surface area contributed by atoms with Gasteiger partial charge in [-0.05, 0) is 251 Å². The zero-order chi connectivity index (χ0) is 102. The van der Waals surface area contributed by atoms with E-state index in [2.05, 4.69) is 173 Å². The zero-order valence-corrected chi connectivity index (χ0v) is 93.5. The molecule has 0 radical (unpaired) electrons. The lowest BCUT2D eigenvalue weighted by Gasteiger charge is -2.32. The van der Waals surface area contributed by atoms with Crippen LogP contribution in [0.4, 0.5) is 9.59 Å². The van der Waals surface area contributed by atoms with Crippen LogP contribution < -0.4 is 40.8 Å². The standard InChI is InChI=1S/C24H34N2O3S.C22H26N4O3S2.C18H27BrO3S.C17H18N4O3S2.C12H19BN2O2.C9H13BrN2O2S/c1-4-6-7-18(5-2)17-29-24(27)10-11-30-23-13-19(12-22(14-23)28-3)20-15-25-26(16-20)21-8-9-21;1-22(2,3)29-21(27)24-11-19-23-12-20(31-19)30-18-8-14(7-17(9-18)28-4)15-10-25-26(13-15)16-5-6-16;1-4-6-7-14(5-2)13-22-18(20)8-9-23-17-11-15(19)10-16(12-17)21-3;1-24-14-4-11(12-8-20-21(10-12)13-2-3-13)5-15(6-14)26(22,23)17-9-19-16(7-18)25-17;1-11(2)12(3,4)17-13(16-11)9-7-14-15(8-9)10-5-6-10;1-9(2,3)14-8(13)12-5-7-11-4-6(10)15-7/h12-16,18,21H,4-11,17H2,1-3H3;7-10,12-13,16H,5-6,11H2,1-4H3,(H,24,27);10-12,14H,4-9,13H2,1-3H3;4-6,8-10,13H,2-3,7,18H2,1H3;7-8,10H,5-6H2,1-4H3;4H,5H2,1-3H3,(H,12,13). The first-order valence-electron chi connectivity index (χ1n) is 48.3. The number of thioether (sulfide) groups is 2. The number of carbonyl (C=O) groups is 4. The van der Waals surface area contributed by atoms with Crippen LogP contribution in [0.25, 0.3) is 33.4 Å². The summed E-state index contributed by atoms with van der Waals surface area (Å²) in [4.78, 5) is 63.0. The Hall–Kier alpha value is -8.81. The number of thiazole rings is 3. The number of methoxy groups -OCH3 is 4. The molecule has 1 saturated heterocycles. The van der Waals surface area contributed by atoms with Gasteiger partial charge in [-0.15, -0.1) is 57.5 Å². The summed E-state index contributed by atoms with van der Waals surface area (Å²) in [6.07, 6.45) is 39.3. The van der Waals surface area contributed by atoms with E-state index in [0.717, 1.165) is 143 Å². The lowest BCUT2D eigenvalue weighted by molar-refractivity contribution is -0.145. The van der Waals surface area contributed by atoms with E-state index in [-0.39, 0.29) is 45.9 Å². The quantitative estimate of drug-likeness (QED) is 0.0139. The molecule has 2 atom stereocenters. The van der Waals surface area contributed by atoms with Crippen molar-refractivity contribution in [2.45, 2.75) is 307 Å². The number of sulfone groups is 1. The van der Waals surface area contributed by atoms with E-state index in [1.165, 1.54) is 94.9 Å². The topological polar surface area (TPSA) is 355 Å². The fourth-order valence-corrected chi connectivity index (χ4v) is 22.2. The molecule has 1 aliphatic heterocycles. The SMILES string of the molecule is CC(C)(C)OC(=O)NCc1ncc(Br)s1.CC1(C)OB(c2cnn(C3CC3)c2)OC1(C)C.CCCCC(CC)COC(=O)CCSc1cc(Br)cc(OC)c1.CCCCC(CC)COC(=O)CCSc1cc(OC)cc(-c2cnn(C3CC3)c2)c1.COc1cc(-c2cnn(C3CC3)c2)cc(S(=O)(=O)c2cnc(CN)s2)c1.COc1cc(Sc2cnc(CNC(=O)OC(C)(C)C)s2)cc(-c2cnn(C3CC3)c2)c1. The molecule has 4 aliphatic carbocycles. The molecule has 7 aromatic heterocycles. The van der Waals surface area contributed by atoms with Gasteiger partial charge in [-0.2, -0.15) is 20.4 Å². The third-order valence-electron chi connectivity index (χ3n) is 23.4. The van der Waals surface area contributed by atoms with Crippen molar-refractivity contribution in [3.05, 3.63) is 164 Å². The summed E-state index contributed by atoms with van der Waals surface area (Å²) in [5.41, 5.74) is 11.0. The number of nitrogens with zero attached hydrogens (tertiary/aromatic N) is 11. The smallest absolute Gasteiger partial charge is 0.497 e. The summed E-state index contributed by atoms with van der Waals surface area (Å²) >= 11 is 15.8. The molecule has 0 bridgehead atoms. The van der Waals surface area contributed by atoms with Crippen LogP contribution in [0.15, 0.2) is 177 Å². The number of amides is 2. The summed E-state index contributed by atoms with van der Waals surface area (Å²) in [5, 5.41) is 25.4. The monoisotopic (exact) mass is 2210 g/mol. The fourth-order valence-electron chi connectivity index (χ4n) is 14.0. The molecule has 30 nitrogen and oxygen atoms in total. The molecule has 11 aromatic rings. The molecule has 40 heteroatoms. The molecule has 4 N–H and O–H groups in total. The molecule has 142 heavy (non-hydrogen) atoms. The van der Waals surface area contributed by atoms with Crippen LogP contribution in [0.5, 0.6) is 23.0 Å². The van der Waals surface area contributed by atoms with Gasteiger partial charge in [-0.25, -0.2) is 33.0 Å². The van der Waals surface area contributed by atoms with Crippen LogP contribution in [0.3, 0.4) is 0 Å². The number of ether oxygens (including phenoxy) is 8. The summed E-state index contributed by atoms with van der Waals surface area (Å²) in [6, 6.07) is 25.5. The first-order chi connectivity index (χ1) is 67.8. The van der Waals surface area contributed by atoms with Gasteiger partial charge in [-0.1, -0.05) is 93.9 Å². The van der Waals surface area contributed by atoms with Crippen LogP contribution in [0.1, 0.15) is 252 Å². The Bertz CT molecular complexity index is 5980. The van der Waals surface area contributed by atoms with Crippen LogP contribution in [-0.4, -0.2) is 169 Å². The summed E-state index contributed by atoms with van der Waals surface area (Å²) in [7, 11) is 2.54. The summed E-state index contributed by atoms with van der Waals surface area (Å²) < 4.78 is 92.0. The number of alkyl carbamates (subject to hydrolysis) is 2. The third-order valence-corrected chi connectivity index (χ3v) is 32.6. The average Bonchev–Trinajstić information content (AvgIpc) is 1.61. The third kappa shape index (κ3) is 37.0. The van der Waals surface area contributed by atoms with E-state index in [0.29, 0.717) is 97.4 Å². The van der Waals surface area contributed by atoms with E-state index >= 15 is 0 Å². The molecular weight excluding hydrogens is 2070 g/mol. The second-order valence-corrected chi connectivity index (χ2v) is 49.6. The molecule has 5 aliphatic rings. The van der Waals surface area contributed by atoms with Gasteiger partial charge in [0.1, 0.15) is 53.4 Å². The highest BCUT2D eigenvalue weighted by Gasteiger charge is 2.52. The first kappa shape index (κ1) is 114. The second-order valence-electron chi connectivity index (χ2n) is 38.0. The molecule has 0 spiro atoms. The van der Waals surface area contributed by atoms with Gasteiger partial charge in [-0.3, -0.25) is 28.3 Å². The van der Waals surface area contributed by atoms with E-state index < -0.39 is 33.2 Å². The Kier molecular flexibility index (Phi) is 43.2. The number of hydrogen-bond acceptors (Lipinski definition) is 30. The number of nitrogens with two attached hydrogens (primary N) is 1. The second kappa shape index (κ2) is 54.0. The minimum absolute atomic E-state index is 0.102. The number of nitrogens with one attached hydrogen (secondary N) is 2. The maximum atomic E-state index is 13.0. The van der Waals surface area contributed by atoms with Gasteiger partial charge in [0.15, 0.2) is 0 Å². The number of carbonyl (C=O) groups excluding carboxylic acids is 4. The van der Waals surface area contributed by atoms with Crippen molar-refractivity contribution in [2.24, 2.45) is 17.6 Å². The number of rotatable bonds is 41. The molecule has 5 fully saturated rings. The van der Waals surface area contributed by atoms with E-state index in [9.17, 15) is 27.6 Å². The largest absolute Gasteiger partial charge is 0.498 e. The van der Waals surface area contributed by atoms with Crippen LogP contribution in [0, 0.1) is 11.8 Å². The molecule has 16 rings (SSSR count). The maximum absolute atomic E-state index is 13.0. The molecule has 8 heterocycles. The molecule has 2 amide bonds. The zero-order valence-electron chi connectivity index (χ0n) is 84.6. The van der Waals surface area contributed by atoms with Crippen molar-refractivity contribution < 1.29 is 74.8 Å². The van der Waals surface area contributed by atoms with Gasteiger partial charge in [0.2, 0.25) is 9.84 Å². The highest BCUT2D eigenvalue weighted by molar-refractivity contribution is 9.11. The van der Waals surface area contributed by atoms with Crippen molar-refractivity contribution in [3.63, 3.8) is 0 Å². The predicted molar refractivity (Wildman–Crippen MR) is 571 cm³/mol. The highest BCUT2D eigenvalue weighted by atomic mass is 79.9. The highest BCUT2D eigenvalue weighted by Crippen LogP contribution is 2.44. The Balaban J connectivity index is 0.000000165. The Morgan fingerprint density at radius 2 is 0.915 bits per heavy atom. The number of halogens is 2. The fraction of sp³-hybridized carbons (Fsp3) is 0.520. The number of aromatic nitrogens is 11. The first-order valence-corrected chi connectivity index (χ1v) is 56.7. The van der Waals surface area contributed by atoms with Crippen molar-refractivity contribution in [3.8, 4) is 56.4 Å². The Morgan fingerprint density at radius 1 is 0.507 bits per heavy atom. The van der Waals surface area contributed by atoms with Crippen LogP contribution in [0.2, 0.25) is 0 Å². The lowest BCUT2D eigenvalue weighted by Crippen LogP contribution is -2.41. The van der Waals surface area contributed by atoms with E-state index in [1.807, 2.05) is 130 Å². The normalized spacial score (nSPS) is 15.0. The number of benzene rings is 4. The van der Waals surface area contributed by atoms with Gasteiger partial charge in [0, 0.05) is 90.3 Å². The lowest BCUT2D eigenvalue weighted by atomic mass is 9.82. The Morgan fingerprint density at radius 3 is 1.34 bits per heavy atom. The van der Waals surface area contributed by atoms with Crippen molar-refractivity contribution >= 4 is 148 Å². The molecular formula is C102H137BBr2N14O16S7. The minimum atomic E-state index is -3.70. The predicted octanol–water partition coefficient (Wildman–Crippen LogP) is 24.5. The molecule has 2 unspecified atom stereocenters. The number of hydrogen-bond donors (Lipinski definition) is 3. The molecule has 4 aromatic carbocycles. The number of esters is 2. The van der Waals surface area contributed by atoms with E-state index in [4.69, 9.17) is 52.9 Å².